The van der Waals surface area contributed by atoms with Crippen LogP contribution in [0.3, 0.4) is 0 Å². The maximum atomic E-state index is 9.01. The van der Waals surface area contributed by atoms with Gasteiger partial charge in [-0.2, -0.15) is 0 Å². The van der Waals surface area contributed by atoms with Gasteiger partial charge in [-0.25, -0.2) is 0 Å². The van der Waals surface area contributed by atoms with E-state index in [2.05, 4.69) is 0 Å². The van der Waals surface area contributed by atoms with Gasteiger partial charge >= 0.3 is 29.6 Å². The van der Waals surface area contributed by atoms with E-state index in [0.29, 0.717) is 0 Å². The molecule has 0 amide bonds. The molecular formula is C4H9NaO4. The first-order valence-corrected chi connectivity index (χ1v) is 2.10. The van der Waals surface area contributed by atoms with Gasteiger partial charge in [0.1, 0.15) is 0 Å². The predicted molar refractivity (Wildman–Crippen MR) is 24.9 cm³/mol. The first-order valence-electron chi connectivity index (χ1n) is 2.10. The molecule has 0 bridgehead atoms. The number of hydrogen-bond acceptors (Lipinski definition) is 4. The topological polar surface area (TPSA) is 80.6 Å². The molecule has 5 heteroatoms. The summed E-state index contributed by atoms with van der Waals surface area (Å²) in [5.74, 6) is -1.44. The van der Waals surface area contributed by atoms with Crippen LogP contribution in [0.1, 0.15) is 6.92 Å². The second kappa shape index (κ2) is 15.8. The molecule has 0 aromatic carbocycles. The van der Waals surface area contributed by atoms with Crippen molar-refractivity contribution in [1.29, 1.82) is 0 Å². The van der Waals surface area contributed by atoms with Crippen LogP contribution in [0.25, 0.3) is 0 Å². The fraction of sp³-hybridized carbons (Fsp3) is 0.750. The molecule has 0 aromatic rings. The minimum absolute atomic E-state index is 0. The largest absolute Gasteiger partial charge is 1.00 e. The molecule has 4 nitrogen and oxygen atoms in total. The van der Waals surface area contributed by atoms with Gasteiger partial charge in [0.05, 0.1) is 12.6 Å². The van der Waals surface area contributed by atoms with Crippen molar-refractivity contribution in [1.82, 2.24) is 0 Å². The van der Waals surface area contributed by atoms with Crippen LogP contribution in [-0.2, 0) is 4.79 Å². The van der Waals surface area contributed by atoms with Gasteiger partial charge in [0, 0.05) is 6.61 Å². The molecule has 0 saturated carbocycles. The molecule has 0 atom stereocenters. The number of carboxylic acid groups (broad SMARTS) is 1. The minimum Gasteiger partial charge on any atom is -0.548 e. The molecule has 0 aromatic heterocycles. The van der Waals surface area contributed by atoms with Gasteiger partial charge < -0.3 is 20.1 Å². The number of aliphatic hydroxyl groups excluding tert-OH is 2. The maximum absolute atomic E-state index is 9.01. The molecule has 0 aliphatic rings. The SMILES string of the molecule is CCO.O=C([O-])CO.[Na+]. The van der Waals surface area contributed by atoms with E-state index >= 15 is 0 Å². The van der Waals surface area contributed by atoms with Crippen LogP contribution in [-0.4, -0.2) is 29.4 Å². The fourth-order valence-corrected chi connectivity index (χ4v) is 0. The van der Waals surface area contributed by atoms with Crippen molar-refractivity contribution in [2.45, 2.75) is 6.92 Å². The molecule has 0 spiro atoms. The van der Waals surface area contributed by atoms with Crippen LogP contribution in [0.4, 0.5) is 0 Å². The summed E-state index contributed by atoms with van der Waals surface area (Å²) < 4.78 is 0. The Hall–Kier alpha value is 0.390. The van der Waals surface area contributed by atoms with Crippen LogP contribution in [0.15, 0.2) is 0 Å². The van der Waals surface area contributed by atoms with Crippen molar-refractivity contribution in [3.05, 3.63) is 0 Å². The average molecular weight is 144 g/mol. The third-order valence-corrected chi connectivity index (χ3v) is 0.129. The molecule has 9 heavy (non-hydrogen) atoms. The Kier molecular flexibility index (Phi) is 28.4. The van der Waals surface area contributed by atoms with Crippen molar-refractivity contribution >= 4 is 5.97 Å². The van der Waals surface area contributed by atoms with Crippen molar-refractivity contribution in [3.63, 3.8) is 0 Å². The van der Waals surface area contributed by atoms with E-state index in [-0.39, 0.29) is 36.2 Å². The predicted octanol–water partition coefficient (Wildman–Crippen LogP) is -5.27. The van der Waals surface area contributed by atoms with E-state index in [9.17, 15) is 0 Å². The number of carboxylic acids is 1. The van der Waals surface area contributed by atoms with Crippen LogP contribution < -0.4 is 34.7 Å². The number of aliphatic hydroxyl groups is 2. The van der Waals surface area contributed by atoms with Crippen molar-refractivity contribution < 1.29 is 49.7 Å². The van der Waals surface area contributed by atoms with Gasteiger partial charge in [-0.05, 0) is 6.92 Å². The summed E-state index contributed by atoms with van der Waals surface area (Å²) in [5, 5.41) is 24.1. The van der Waals surface area contributed by atoms with Gasteiger partial charge in [-0.15, -0.1) is 0 Å². The van der Waals surface area contributed by atoms with E-state index in [1.165, 1.54) is 0 Å². The molecule has 0 fully saturated rings. The molecule has 0 heterocycles. The minimum atomic E-state index is -1.44. The first-order chi connectivity index (χ1) is 3.68. The molecule has 2 N–H and O–H groups in total. The third-order valence-electron chi connectivity index (χ3n) is 0.129. The quantitative estimate of drug-likeness (QED) is 0.360. The normalized spacial score (nSPS) is 6.11. The summed E-state index contributed by atoms with van der Waals surface area (Å²) in [4.78, 5) is 9.01. The van der Waals surface area contributed by atoms with E-state index < -0.39 is 12.6 Å². The fourth-order valence-electron chi connectivity index (χ4n) is 0. The molecule has 0 aliphatic carbocycles. The maximum Gasteiger partial charge on any atom is 1.00 e. The van der Waals surface area contributed by atoms with E-state index in [0.717, 1.165) is 0 Å². The number of hydrogen-bond donors (Lipinski definition) is 2. The number of carbonyl (C=O) groups is 1. The molecule has 0 rings (SSSR count). The van der Waals surface area contributed by atoms with Crippen LogP contribution in [0, 0.1) is 0 Å². The molecule has 0 aliphatic heterocycles. The first kappa shape index (κ1) is 16.2. The van der Waals surface area contributed by atoms with Crippen molar-refractivity contribution in [2.75, 3.05) is 13.2 Å². The number of aliphatic carboxylic acids is 1. The van der Waals surface area contributed by atoms with Crippen molar-refractivity contribution in [2.24, 2.45) is 0 Å². The monoisotopic (exact) mass is 144 g/mol. The third kappa shape index (κ3) is 60.0. The summed E-state index contributed by atoms with van der Waals surface area (Å²) in [6.07, 6.45) is 0. The molecular weight excluding hydrogens is 135 g/mol. The molecule has 0 unspecified atom stereocenters. The summed E-state index contributed by atoms with van der Waals surface area (Å²) in [5.41, 5.74) is 0. The van der Waals surface area contributed by atoms with E-state index in [1.807, 2.05) is 0 Å². The van der Waals surface area contributed by atoms with Gasteiger partial charge in [0.2, 0.25) is 0 Å². The Morgan fingerprint density at radius 2 is 1.67 bits per heavy atom. The van der Waals surface area contributed by atoms with Crippen LogP contribution in [0.2, 0.25) is 0 Å². The second-order valence-electron chi connectivity index (χ2n) is 0.846. The van der Waals surface area contributed by atoms with E-state index in [1.54, 1.807) is 6.92 Å². The Morgan fingerprint density at radius 1 is 1.56 bits per heavy atom. The Morgan fingerprint density at radius 3 is 1.67 bits per heavy atom. The van der Waals surface area contributed by atoms with Gasteiger partial charge in [0.25, 0.3) is 0 Å². The molecule has 50 valence electrons. The molecule has 0 radical (unpaired) electrons. The van der Waals surface area contributed by atoms with Gasteiger partial charge in [-0.3, -0.25) is 0 Å². The summed E-state index contributed by atoms with van der Waals surface area (Å²) >= 11 is 0. The smallest absolute Gasteiger partial charge is 0.548 e. The van der Waals surface area contributed by atoms with Crippen LogP contribution >= 0.6 is 0 Å². The zero-order valence-electron chi connectivity index (χ0n) is 5.63. The van der Waals surface area contributed by atoms with Crippen molar-refractivity contribution in [3.8, 4) is 0 Å². The Balaban J connectivity index is -0.0000000800. The average Bonchev–Trinajstić information content (AvgIpc) is 1.69. The molecule has 0 saturated heterocycles. The summed E-state index contributed by atoms with van der Waals surface area (Å²) in [6, 6.07) is 0. The number of carbonyl (C=O) groups excluding carboxylic acids is 1. The summed E-state index contributed by atoms with van der Waals surface area (Å²) in [7, 11) is 0. The Labute approximate surface area is 75.8 Å². The second-order valence-corrected chi connectivity index (χ2v) is 0.846. The van der Waals surface area contributed by atoms with Crippen LogP contribution in [0.5, 0.6) is 0 Å². The Bertz CT molecular complexity index is 56.5. The van der Waals surface area contributed by atoms with Gasteiger partial charge in [-0.1, -0.05) is 0 Å². The number of rotatable bonds is 1. The standard InChI is InChI=1S/C2H4O3.C2H6O.Na/c3-1-2(4)5;1-2-3;/h3H,1H2,(H,4,5);3H,2H2,1H3;/q;;+1/p-1. The zero-order valence-corrected chi connectivity index (χ0v) is 7.63. The van der Waals surface area contributed by atoms with Gasteiger partial charge in [0.15, 0.2) is 0 Å². The summed E-state index contributed by atoms with van der Waals surface area (Å²) in [6.45, 7) is 1.04. The zero-order chi connectivity index (χ0) is 6.99. The van der Waals surface area contributed by atoms with E-state index in [4.69, 9.17) is 20.1 Å².